The number of benzene rings is 1. The summed E-state index contributed by atoms with van der Waals surface area (Å²) in [5.74, 6) is 0. The van der Waals surface area contributed by atoms with Gasteiger partial charge in [-0.25, -0.2) is 0 Å². The second kappa shape index (κ2) is 6.04. The van der Waals surface area contributed by atoms with Crippen LogP contribution in [0.3, 0.4) is 0 Å². The van der Waals surface area contributed by atoms with Crippen LogP contribution in [-0.4, -0.2) is 54.2 Å². The largest absolute Gasteiger partial charge is 0.387 e. The summed E-state index contributed by atoms with van der Waals surface area (Å²) >= 11 is 0. The molecule has 1 heterocycles. The lowest BCUT2D eigenvalue weighted by Gasteiger charge is -2.38. The third-order valence-corrected chi connectivity index (χ3v) is 4.26. The quantitative estimate of drug-likeness (QED) is 0.902. The Hall–Kier alpha value is -0.900. The average molecular weight is 262 g/mol. The Morgan fingerprint density at radius 1 is 1.32 bits per heavy atom. The molecule has 1 aromatic rings. The van der Waals surface area contributed by atoms with Crippen LogP contribution in [0.2, 0.25) is 0 Å². The van der Waals surface area contributed by atoms with Crippen LogP contribution in [0.5, 0.6) is 0 Å². The molecule has 2 rings (SSSR count). The summed E-state index contributed by atoms with van der Waals surface area (Å²) in [5, 5.41) is 10.4. The van der Waals surface area contributed by atoms with Crippen LogP contribution in [0.4, 0.5) is 0 Å². The van der Waals surface area contributed by atoms with E-state index in [9.17, 15) is 5.11 Å². The van der Waals surface area contributed by atoms with Crippen molar-refractivity contribution in [3.05, 3.63) is 34.9 Å². The summed E-state index contributed by atoms with van der Waals surface area (Å²) in [6.07, 6.45) is -0.379. The van der Waals surface area contributed by atoms with Gasteiger partial charge < -0.3 is 10.0 Å². The summed E-state index contributed by atoms with van der Waals surface area (Å²) in [6.45, 7) is 10.3. The highest BCUT2D eigenvalue weighted by Gasteiger charge is 2.23. The zero-order valence-corrected chi connectivity index (χ0v) is 12.6. The molecule has 0 aromatic heterocycles. The van der Waals surface area contributed by atoms with Gasteiger partial charge in [0.25, 0.3) is 0 Å². The van der Waals surface area contributed by atoms with E-state index in [0.717, 1.165) is 31.7 Å². The molecule has 0 amide bonds. The first kappa shape index (κ1) is 14.5. The highest BCUT2D eigenvalue weighted by Crippen LogP contribution is 2.21. The lowest BCUT2D eigenvalue weighted by Crippen LogP contribution is -2.50. The molecule has 1 saturated heterocycles. The van der Waals surface area contributed by atoms with Crippen LogP contribution < -0.4 is 0 Å². The number of hydrogen-bond acceptors (Lipinski definition) is 3. The van der Waals surface area contributed by atoms with Gasteiger partial charge in [-0.1, -0.05) is 23.8 Å². The molecule has 1 aromatic carbocycles. The predicted octanol–water partition coefficient (Wildman–Crippen LogP) is 1.97. The normalized spacial score (nSPS) is 23.5. The number of rotatable bonds is 3. The minimum absolute atomic E-state index is 0.379. The maximum atomic E-state index is 10.4. The van der Waals surface area contributed by atoms with Gasteiger partial charge in [-0.15, -0.1) is 0 Å². The molecule has 106 valence electrons. The van der Waals surface area contributed by atoms with Gasteiger partial charge >= 0.3 is 0 Å². The van der Waals surface area contributed by atoms with Crippen molar-refractivity contribution < 1.29 is 5.11 Å². The summed E-state index contributed by atoms with van der Waals surface area (Å²) in [4.78, 5) is 4.74. The van der Waals surface area contributed by atoms with Crippen molar-refractivity contribution in [3.63, 3.8) is 0 Å². The number of aryl methyl sites for hydroxylation is 2. The number of hydrogen-bond donors (Lipinski definition) is 1. The Kier molecular flexibility index (Phi) is 4.61. The summed E-state index contributed by atoms with van der Waals surface area (Å²) in [7, 11) is 2.17. The highest BCUT2D eigenvalue weighted by atomic mass is 16.3. The smallest absolute Gasteiger partial charge is 0.0919 e. The lowest BCUT2D eigenvalue weighted by atomic mass is 10.0. The summed E-state index contributed by atoms with van der Waals surface area (Å²) < 4.78 is 0. The zero-order valence-electron chi connectivity index (χ0n) is 12.6. The fourth-order valence-corrected chi connectivity index (χ4v) is 2.83. The summed E-state index contributed by atoms with van der Waals surface area (Å²) in [6, 6.07) is 6.86. The molecule has 2 unspecified atom stereocenters. The molecule has 0 spiro atoms. The fraction of sp³-hybridized carbons (Fsp3) is 0.625. The lowest BCUT2D eigenvalue weighted by molar-refractivity contribution is 0.0566. The van der Waals surface area contributed by atoms with Gasteiger partial charge in [0.2, 0.25) is 0 Å². The first-order valence-corrected chi connectivity index (χ1v) is 7.15. The Morgan fingerprint density at radius 2 is 2.05 bits per heavy atom. The Balaban J connectivity index is 1.99. The number of aliphatic hydroxyl groups excluding tert-OH is 1. The molecule has 0 saturated carbocycles. The Bertz CT molecular complexity index is 433. The first-order valence-electron chi connectivity index (χ1n) is 7.15. The van der Waals surface area contributed by atoms with Crippen molar-refractivity contribution in [1.29, 1.82) is 0 Å². The van der Waals surface area contributed by atoms with Crippen molar-refractivity contribution in [2.75, 3.05) is 33.2 Å². The standard InChI is InChI=1S/C16H26N2O/c1-12-5-6-15(13(2)9-12)16(19)11-18-8-7-17(4)14(3)10-18/h5-6,9,14,16,19H,7-8,10-11H2,1-4H3. The van der Waals surface area contributed by atoms with Crippen molar-refractivity contribution in [2.24, 2.45) is 0 Å². The van der Waals surface area contributed by atoms with Crippen LogP contribution in [0.25, 0.3) is 0 Å². The van der Waals surface area contributed by atoms with E-state index >= 15 is 0 Å². The van der Waals surface area contributed by atoms with E-state index in [0.29, 0.717) is 6.04 Å². The average Bonchev–Trinajstić information content (AvgIpc) is 2.33. The van der Waals surface area contributed by atoms with E-state index in [-0.39, 0.29) is 6.10 Å². The Labute approximate surface area is 116 Å². The maximum Gasteiger partial charge on any atom is 0.0919 e. The van der Waals surface area contributed by atoms with Crippen molar-refractivity contribution in [3.8, 4) is 0 Å². The predicted molar refractivity (Wildman–Crippen MR) is 79.4 cm³/mol. The van der Waals surface area contributed by atoms with Crippen molar-refractivity contribution >= 4 is 0 Å². The van der Waals surface area contributed by atoms with Crippen LogP contribution in [0, 0.1) is 13.8 Å². The van der Waals surface area contributed by atoms with E-state index in [1.54, 1.807) is 0 Å². The van der Waals surface area contributed by atoms with Crippen molar-refractivity contribution in [2.45, 2.75) is 32.9 Å². The van der Waals surface area contributed by atoms with Gasteiger partial charge in [0.1, 0.15) is 0 Å². The number of aliphatic hydroxyl groups is 1. The number of likely N-dealkylation sites (N-methyl/N-ethyl adjacent to an activating group) is 1. The minimum atomic E-state index is -0.379. The SMILES string of the molecule is Cc1ccc(C(O)CN2CCN(C)C(C)C2)c(C)c1. The van der Waals surface area contributed by atoms with Gasteiger partial charge in [-0.2, -0.15) is 0 Å². The van der Waals surface area contributed by atoms with E-state index in [1.165, 1.54) is 11.1 Å². The molecule has 3 nitrogen and oxygen atoms in total. The molecule has 0 bridgehead atoms. The molecule has 19 heavy (non-hydrogen) atoms. The topological polar surface area (TPSA) is 26.7 Å². The second-order valence-corrected chi connectivity index (χ2v) is 5.97. The highest BCUT2D eigenvalue weighted by molar-refractivity contribution is 5.32. The number of piperazine rings is 1. The zero-order chi connectivity index (χ0) is 14.0. The second-order valence-electron chi connectivity index (χ2n) is 5.97. The van der Waals surface area contributed by atoms with Gasteiger partial charge in [-0.3, -0.25) is 4.90 Å². The van der Waals surface area contributed by atoms with Crippen LogP contribution in [0.1, 0.15) is 29.7 Å². The number of β-amino-alcohol motifs (C(OH)–C–C–N with tert-alkyl or cyclic N) is 1. The monoisotopic (exact) mass is 262 g/mol. The molecular formula is C16H26N2O. The van der Waals surface area contributed by atoms with Crippen LogP contribution in [-0.2, 0) is 0 Å². The van der Waals surface area contributed by atoms with Gasteiger partial charge in [0, 0.05) is 32.2 Å². The first-order chi connectivity index (χ1) is 8.97. The third-order valence-electron chi connectivity index (χ3n) is 4.26. The molecular weight excluding hydrogens is 236 g/mol. The van der Waals surface area contributed by atoms with E-state index in [1.807, 2.05) is 0 Å². The molecule has 0 radical (unpaired) electrons. The van der Waals surface area contributed by atoms with Gasteiger partial charge in [0.15, 0.2) is 0 Å². The molecule has 1 aliphatic rings. The van der Waals surface area contributed by atoms with E-state index in [4.69, 9.17) is 0 Å². The molecule has 2 atom stereocenters. The maximum absolute atomic E-state index is 10.4. The van der Waals surface area contributed by atoms with Crippen LogP contribution in [0.15, 0.2) is 18.2 Å². The van der Waals surface area contributed by atoms with E-state index in [2.05, 4.69) is 55.8 Å². The van der Waals surface area contributed by atoms with Crippen molar-refractivity contribution in [1.82, 2.24) is 9.80 Å². The molecule has 0 aliphatic carbocycles. The molecule has 1 N–H and O–H groups in total. The number of nitrogens with zero attached hydrogens (tertiary/aromatic N) is 2. The minimum Gasteiger partial charge on any atom is -0.387 e. The molecule has 1 aliphatic heterocycles. The van der Waals surface area contributed by atoms with E-state index < -0.39 is 0 Å². The van der Waals surface area contributed by atoms with Gasteiger partial charge in [0.05, 0.1) is 6.10 Å². The summed E-state index contributed by atoms with van der Waals surface area (Å²) in [5.41, 5.74) is 3.51. The molecule has 1 fully saturated rings. The van der Waals surface area contributed by atoms with Gasteiger partial charge in [-0.05, 0) is 38.9 Å². The molecule has 3 heteroatoms. The Morgan fingerprint density at radius 3 is 2.68 bits per heavy atom. The van der Waals surface area contributed by atoms with Crippen LogP contribution >= 0.6 is 0 Å². The fourth-order valence-electron chi connectivity index (χ4n) is 2.83. The third kappa shape index (κ3) is 3.56.